The molecule has 1 unspecified atom stereocenters. The van der Waals surface area contributed by atoms with Crippen LogP contribution in [0.4, 0.5) is 0 Å². The fourth-order valence-corrected chi connectivity index (χ4v) is 2.65. The first kappa shape index (κ1) is 17.9. The van der Waals surface area contributed by atoms with Gasteiger partial charge in [0.1, 0.15) is 5.75 Å². The summed E-state index contributed by atoms with van der Waals surface area (Å²) >= 11 is 4.22. The van der Waals surface area contributed by atoms with Crippen LogP contribution >= 0.6 is 12.6 Å². The smallest absolute Gasteiger partial charge is 0.330 e. The van der Waals surface area contributed by atoms with Crippen LogP contribution in [-0.4, -0.2) is 27.8 Å². The molecule has 0 radical (unpaired) electrons. The van der Waals surface area contributed by atoms with Crippen LogP contribution in [0.1, 0.15) is 17.2 Å². The number of carbonyl (C=O) groups excluding carboxylic acids is 1. The van der Waals surface area contributed by atoms with E-state index in [1.807, 2.05) is 30.3 Å². The Morgan fingerprint density at radius 3 is 2.21 bits per heavy atom. The molecule has 0 fully saturated rings. The van der Waals surface area contributed by atoms with Gasteiger partial charge in [-0.3, -0.25) is 4.79 Å². The number of hydrogen-bond donors (Lipinski definition) is 4. The van der Waals surface area contributed by atoms with Gasteiger partial charge in [0.2, 0.25) is 5.91 Å². The van der Waals surface area contributed by atoms with Crippen LogP contribution in [0.3, 0.4) is 0 Å². The van der Waals surface area contributed by atoms with Crippen molar-refractivity contribution in [1.29, 1.82) is 0 Å². The Kier molecular flexibility index (Phi) is 6.26. The Bertz CT molecular complexity index is 688. The van der Waals surface area contributed by atoms with Gasteiger partial charge in [0, 0.05) is 5.75 Å². The molecule has 2 rings (SSSR count). The maximum atomic E-state index is 12.5. The Balaban J connectivity index is 2.11. The molecule has 5 nitrogen and oxygen atoms in total. The second kappa shape index (κ2) is 8.40. The summed E-state index contributed by atoms with van der Waals surface area (Å²) in [5, 5.41) is 21.3. The molecule has 0 saturated carbocycles. The third-order valence-corrected chi connectivity index (χ3v) is 4.12. The summed E-state index contributed by atoms with van der Waals surface area (Å²) in [6.07, 6.45) is 0.484. The Hall–Kier alpha value is -2.47. The van der Waals surface area contributed by atoms with E-state index in [9.17, 15) is 19.8 Å². The van der Waals surface area contributed by atoms with Gasteiger partial charge in [-0.25, -0.2) is 4.79 Å². The zero-order valence-electron chi connectivity index (χ0n) is 12.9. The average molecular weight is 345 g/mol. The maximum Gasteiger partial charge on any atom is 0.330 e. The molecule has 126 valence electrons. The lowest BCUT2D eigenvalue weighted by Gasteiger charge is -2.19. The third-order valence-electron chi connectivity index (χ3n) is 3.68. The number of thiol groups is 1. The van der Waals surface area contributed by atoms with Gasteiger partial charge >= 0.3 is 5.97 Å². The van der Waals surface area contributed by atoms with Crippen LogP contribution in [0.15, 0.2) is 54.6 Å². The van der Waals surface area contributed by atoms with Crippen molar-refractivity contribution < 1.29 is 19.8 Å². The van der Waals surface area contributed by atoms with Crippen molar-refractivity contribution >= 4 is 24.5 Å². The number of carboxylic acid groups (broad SMARTS) is 1. The number of aliphatic carboxylic acids is 1. The van der Waals surface area contributed by atoms with Gasteiger partial charge in [-0.1, -0.05) is 42.5 Å². The number of rotatable bonds is 7. The van der Waals surface area contributed by atoms with Crippen LogP contribution in [0.5, 0.6) is 5.75 Å². The van der Waals surface area contributed by atoms with Gasteiger partial charge in [-0.05, 0) is 29.7 Å². The third kappa shape index (κ3) is 4.76. The minimum atomic E-state index is -1.17. The first-order valence-corrected chi connectivity index (χ1v) is 8.11. The standard InChI is InChI=1S/C18H19NO4S/c20-15-8-6-13(7-9-15)16(18(22)23)19-17(21)14(11-24)10-12-4-2-1-3-5-12/h1-9,14,16,20,24H,10-11H2,(H,19,21)(H,22,23)/t14?,16-/m1/s1. The molecule has 2 atom stereocenters. The van der Waals surface area contributed by atoms with E-state index < -0.39 is 17.9 Å². The predicted octanol–water partition coefficient (Wildman–Crippen LogP) is 2.42. The number of phenols is 1. The summed E-state index contributed by atoms with van der Waals surface area (Å²) in [5.41, 5.74) is 1.38. The highest BCUT2D eigenvalue weighted by atomic mass is 32.1. The lowest BCUT2D eigenvalue weighted by atomic mass is 9.99. The number of phenolic OH excluding ortho intramolecular Hbond substituents is 1. The van der Waals surface area contributed by atoms with Crippen LogP contribution in [0.25, 0.3) is 0 Å². The van der Waals surface area contributed by atoms with Gasteiger partial charge in [0.05, 0.1) is 5.92 Å². The van der Waals surface area contributed by atoms with Crippen LogP contribution < -0.4 is 5.32 Å². The molecule has 0 saturated heterocycles. The van der Waals surface area contributed by atoms with E-state index in [2.05, 4.69) is 17.9 Å². The normalized spacial score (nSPS) is 13.0. The first-order valence-electron chi connectivity index (χ1n) is 7.48. The van der Waals surface area contributed by atoms with Crippen molar-refractivity contribution in [3.63, 3.8) is 0 Å². The zero-order chi connectivity index (χ0) is 17.5. The number of carbonyl (C=O) groups is 2. The Labute approximate surface area is 145 Å². The van der Waals surface area contributed by atoms with Gasteiger partial charge in [0.25, 0.3) is 0 Å². The molecule has 0 heterocycles. The van der Waals surface area contributed by atoms with Crippen molar-refractivity contribution in [2.75, 3.05) is 5.75 Å². The van der Waals surface area contributed by atoms with Gasteiger partial charge < -0.3 is 15.5 Å². The van der Waals surface area contributed by atoms with Crippen molar-refractivity contribution in [2.24, 2.45) is 5.92 Å². The SMILES string of the molecule is O=C(N[C@@H](C(=O)O)c1ccc(O)cc1)C(CS)Cc1ccccc1. The van der Waals surface area contributed by atoms with Gasteiger partial charge in [0.15, 0.2) is 6.04 Å². The molecule has 2 aromatic carbocycles. The molecule has 6 heteroatoms. The summed E-state index contributed by atoms with van der Waals surface area (Å²) in [6, 6.07) is 14.0. The summed E-state index contributed by atoms with van der Waals surface area (Å²) in [7, 11) is 0. The van der Waals surface area contributed by atoms with Crippen LogP contribution in [0, 0.1) is 5.92 Å². The van der Waals surface area contributed by atoms with Crippen molar-refractivity contribution in [1.82, 2.24) is 5.32 Å². The number of amides is 1. The molecule has 0 bridgehead atoms. The zero-order valence-corrected chi connectivity index (χ0v) is 13.8. The maximum absolute atomic E-state index is 12.5. The Morgan fingerprint density at radius 1 is 1.04 bits per heavy atom. The molecule has 0 aliphatic carbocycles. The lowest BCUT2D eigenvalue weighted by Crippen LogP contribution is -2.39. The van der Waals surface area contributed by atoms with E-state index in [-0.39, 0.29) is 11.7 Å². The summed E-state index contributed by atoms with van der Waals surface area (Å²) < 4.78 is 0. The van der Waals surface area contributed by atoms with Crippen molar-refractivity contribution in [3.05, 3.63) is 65.7 Å². The fourth-order valence-electron chi connectivity index (χ4n) is 2.35. The Morgan fingerprint density at radius 2 is 1.67 bits per heavy atom. The first-order chi connectivity index (χ1) is 11.5. The highest BCUT2D eigenvalue weighted by molar-refractivity contribution is 7.80. The van der Waals surface area contributed by atoms with Crippen LogP contribution in [-0.2, 0) is 16.0 Å². The number of carboxylic acids is 1. The molecule has 0 aliphatic heterocycles. The van der Waals surface area contributed by atoms with E-state index in [0.29, 0.717) is 17.7 Å². The number of aromatic hydroxyl groups is 1. The highest BCUT2D eigenvalue weighted by Crippen LogP contribution is 2.19. The molecule has 2 aromatic rings. The van der Waals surface area contributed by atoms with Gasteiger partial charge in [-0.2, -0.15) is 12.6 Å². The minimum absolute atomic E-state index is 0.0338. The topological polar surface area (TPSA) is 86.6 Å². The fraction of sp³-hybridized carbons (Fsp3) is 0.222. The van der Waals surface area contributed by atoms with E-state index in [0.717, 1.165) is 5.56 Å². The summed E-state index contributed by atoms with van der Waals surface area (Å²) in [6.45, 7) is 0. The molecular formula is C18H19NO4S. The van der Waals surface area contributed by atoms with E-state index in [1.54, 1.807) is 0 Å². The van der Waals surface area contributed by atoms with Crippen LogP contribution in [0.2, 0.25) is 0 Å². The second-order valence-corrected chi connectivity index (χ2v) is 5.81. The number of benzene rings is 2. The molecule has 0 spiro atoms. The van der Waals surface area contributed by atoms with Crippen molar-refractivity contribution in [2.45, 2.75) is 12.5 Å². The lowest BCUT2D eigenvalue weighted by molar-refractivity contribution is -0.142. The van der Waals surface area contributed by atoms with E-state index in [1.165, 1.54) is 24.3 Å². The second-order valence-electron chi connectivity index (χ2n) is 5.44. The van der Waals surface area contributed by atoms with E-state index >= 15 is 0 Å². The van der Waals surface area contributed by atoms with Crippen molar-refractivity contribution in [3.8, 4) is 5.75 Å². The monoisotopic (exact) mass is 345 g/mol. The molecule has 24 heavy (non-hydrogen) atoms. The number of nitrogens with one attached hydrogen (secondary N) is 1. The highest BCUT2D eigenvalue weighted by Gasteiger charge is 2.26. The average Bonchev–Trinajstić information content (AvgIpc) is 2.59. The largest absolute Gasteiger partial charge is 0.508 e. The molecule has 0 aromatic heterocycles. The molecular weight excluding hydrogens is 326 g/mol. The number of hydrogen-bond acceptors (Lipinski definition) is 4. The molecule has 3 N–H and O–H groups in total. The predicted molar refractivity (Wildman–Crippen MR) is 94.1 cm³/mol. The quantitative estimate of drug-likeness (QED) is 0.581. The minimum Gasteiger partial charge on any atom is -0.508 e. The van der Waals surface area contributed by atoms with Gasteiger partial charge in [-0.15, -0.1) is 0 Å². The molecule has 0 aliphatic rings. The summed E-state index contributed by atoms with van der Waals surface area (Å²) in [4.78, 5) is 24.0. The van der Waals surface area contributed by atoms with E-state index in [4.69, 9.17) is 0 Å². The molecule has 1 amide bonds. The summed E-state index contributed by atoms with van der Waals surface area (Å²) in [5.74, 6) is -1.62.